The molecule has 1 saturated heterocycles. The summed E-state index contributed by atoms with van der Waals surface area (Å²) >= 11 is 0. The third kappa shape index (κ3) is 3.30. The van der Waals surface area contributed by atoms with Crippen LogP contribution in [0.3, 0.4) is 0 Å². The van der Waals surface area contributed by atoms with Gasteiger partial charge in [-0.1, -0.05) is 0 Å². The van der Waals surface area contributed by atoms with Crippen molar-refractivity contribution in [3.05, 3.63) is 12.4 Å². The molecule has 2 rings (SSSR count). The second-order valence-electron chi connectivity index (χ2n) is 4.73. The van der Waals surface area contributed by atoms with Gasteiger partial charge in [-0.2, -0.15) is 0 Å². The van der Waals surface area contributed by atoms with Crippen LogP contribution in [-0.4, -0.2) is 35.2 Å². The Balaban J connectivity index is 2.09. The smallest absolute Gasteiger partial charge is 0.218 e. The summed E-state index contributed by atoms with van der Waals surface area (Å²) in [6.07, 6.45) is 3.89. The van der Waals surface area contributed by atoms with Gasteiger partial charge in [0.1, 0.15) is 12.1 Å². The molecule has 0 bridgehead atoms. The molecule has 1 fully saturated rings. The van der Waals surface area contributed by atoms with Crippen molar-refractivity contribution in [2.45, 2.75) is 38.8 Å². The van der Waals surface area contributed by atoms with Gasteiger partial charge in [0, 0.05) is 25.2 Å². The number of anilines is 1. The molecule has 0 aliphatic carbocycles. The quantitative estimate of drug-likeness (QED) is 0.854. The van der Waals surface area contributed by atoms with Crippen LogP contribution in [0.5, 0.6) is 5.88 Å². The Hall–Kier alpha value is -1.36. The molecule has 2 heterocycles. The molecule has 5 heteroatoms. The summed E-state index contributed by atoms with van der Waals surface area (Å²) in [4.78, 5) is 10.6. The Labute approximate surface area is 102 Å². The van der Waals surface area contributed by atoms with Crippen molar-refractivity contribution >= 4 is 5.82 Å². The van der Waals surface area contributed by atoms with Gasteiger partial charge in [0.05, 0.1) is 6.10 Å². The van der Waals surface area contributed by atoms with Gasteiger partial charge in [0.15, 0.2) is 0 Å². The highest BCUT2D eigenvalue weighted by Gasteiger charge is 2.18. The maximum atomic E-state index is 5.96. The van der Waals surface area contributed by atoms with E-state index in [-0.39, 0.29) is 12.1 Å². The van der Waals surface area contributed by atoms with E-state index in [0.29, 0.717) is 5.88 Å². The molecule has 0 saturated carbocycles. The molecule has 94 valence electrons. The van der Waals surface area contributed by atoms with Crippen LogP contribution in [0.4, 0.5) is 5.82 Å². The van der Waals surface area contributed by atoms with Crippen molar-refractivity contribution in [2.24, 2.45) is 5.73 Å². The molecule has 5 nitrogen and oxygen atoms in total. The van der Waals surface area contributed by atoms with Gasteiger partial charge in [-0.25, -0.2) is 9.97 Å². The van der Waals surface area contributed by atoms with E-state index >= 15 is 0 Å². The van der Waals surface area contributed by atoms with Gasteiger partial charge in [-0.05, 0) is 26.7 Å². The van der Waals surface area contributed by atoms with Gasteiger partial charge in [-0.3, -0.25) is 0 Å². The summed E-state index contributed by atoms with van der Waals surface area (Å²) in [6, 6.07) is 2.13. The van der Waals surface area contributed by atoms with Crippen LogP contribution >= 0.6 is 0 Å². The zero-order chi connectivity index (χ0) is 12.3. The van der Waals surface area contributed by atoms with Crippen LogP contribution < -0.4 is 15.4 Å². The number of rotatable bonds is 3. The third-order valence-corrected chi connectivity index (χ3v) is 2.77. The Morgan fingerprint density at radius 1 is 1.47 bits per heavy atom. The van der Waals surface area contributed by atoms with Crippen molar-refractivity contribution < 1.29 is 4.74 Å². The van der Waals surface area contributed by atoms with Crippen LogP contribution in [0.15, 0.2) is 12.4 Å². The number of hydrogen-bond donors (Lipinski definition) is 1. The van der Waals surface area contributed by atoms with Crippen LogP contribution in [0.25, 0.3) is 0 Å². The predicted octanol–water partition coefficient (Wildman–Crippen LogP) is 1.19. The van der Waals surface area contributed by atoms with E-state index in [2.05, 4.69) is 14.9 Å². The molecule has 1 aliphatic rings. The largest absolute Gasteiger partial charge is 0.475 e. The van der Waals surface area contributed by atoms with Gasteiger partial charge >= 0.3 is 0 Å². The molecule has 0 amide bonds. The zero-order valence-corrected chi connectivity index (χ0v) is 10.5. The SMILES string of the molecule is CC(C)Oc1cc(N2CCC[C@@H](N)C2)ncn1. The lowest BCUT2D eigenvalue weighted by molar-refractivity contribution is 0.232. The Bertz CT molecular complexity index is 369. The molecule has 1 aromatic heterocycles. The summed E-state index contributed by atoms with van der Waals surface area (Å²) in [7, 11) is 0. The summed E-state index contributed by atoms with van der Waals surface area (Å²) in [5.74, 6) is 1.54. The minimum absolute atomic E-state index is 0.126. The third-order valence-electron chi connectivity index (χ3n) is 2.77. The standard InChI is InChI=1S/C12H20N4O/c1-9(2)17-12-6-11(14-8-15-12)16-5-3-4-10(13)7-16/h6,8-10H,3-5,7,13H2,1-2H3/t10-/m1/s1. The van der Waals surface area contributed by atoms with Crippen LogP contribution in [-0.2, 0) is 0 Å². The van der Waals surface area contributed by atoms with Gasteiger partial charge < -0.3 is 15.4 Å². The van der Waals surface area contributed by atoms with Crippen molar-refractivity contribution in [1.82, 2.24) is 9.97 Å². The van der Waals surface area contributed by atoms with E-state index in [0.717, 1.165) is 31.7 Å². The minimum Gasteiger partial charge on any atom is -0.475 e. The average Bonchev–Trinajstić information content (AvgIpc) is 2.28. The van der Waals surface area contributed by atoms with E-state index in [1.54, 1.807) is 6.33 Å². The van der Waals surface area contributed by atoms with Crippen molar-refractivity contribution in [1.29, 1.82) is 0 Å². The summed E-state index contributed by atoms with van der Waals surface area (Å²) in [6.45, 7) is 5.83. The van der Waals surface area contributed by atoms with E-state index in [1.807, 2.05) is 19.9 Å². The molecule has 1 atom stereocenters. The van der Waals surface area contributed by atoms with Gasteiger partial charge in [0.25, 0.3) is 0 Å². The Morgan fingerprint density at radius 3 is 3.00 bits per heavy atom. The number of aromatic nitrogens is 2. The van der Waals surface area contributed by atoms with Crippen LogP contribution in [0.1, 0.15) is 26.7 Å². The molecule has 0 spiro atoms. The topological polar surface area (TPSA) is 64.3 Å². The lowest BCUT2D eigenvalue weighted by atomic mass is 10.1. The normalized spacial score (nSPS) is 20.7. The highest BCUT2D eigenvalue weighted by molar-refractivity contribution is 5.41. The highest BCUT2D eigenvalue weighted by atomic mass is 16.5. The maximum absolute atomic E-state index is 5.96. The second-order valence-corrected chi connectivity index (χ2v) is 4.73. The Morgan fingerprint density at radius 2 is 2.29 bits per heavy atom. The number of nitrogens with zero attached hydrogens (tertiary/aromatic N) is 3. The summed E-state index contributed by atoms with van der Waals surface area (Å²) in [5.41, 5.74) is 5.96. The molecular formula is C12H20N4O. The molecule has 17 heavy (non-hydrogen) atoms. The minimum atomic E-state index is 0.126. The highest BCUT2D eigenvalue weighted by Crippen LogP contribution is 2.20. The summed E-state index contributed by atoms with van der Waals surface area (Å²) < 4.78 is 5.56. The van der Waals surface area contributed by atoms with Crippen LogP contribution in [0.2, 0.25) is 0 Å². The number of nitrogens with two attached hydrogens (primary N) is 1. The van der Waals surface area contributed by atoms with E-state index in [1.165, 1.54) is 0 Å². The molecule has 0 unspecified atom stereocenters. The number of ether oxygens (including phenoxy) is 1. The van der Waals surface area contributed by atoms with Gasteiger partial charge in [-0.15, -0.1) is 0 Å². The lowest BCUT2D eigenvalue weighted by Gasteiger charge is -2.31. The second kappa shape index (κ2) is 5.31. The van der Waals surface area contributed by atoms with Crippen molar-refractivity contribution in [3.63, 3.8) is 0 Å². The summed E-state index contributed by atoms with van der Waals surface area (Å²) in [5, 5.41) is 0. The first-order chi connectivity index (χ1) is 8.15. The fraction of sp³-hybridized carbons (Fsp3) is 0.667. The first-order valence-corrected chi connectivity index (χ1v) is 6.14. The molecule has 2 N–H and O–H groups in total. The van der Waals surface area contributed by atoms with Crippen LogP contribution in [0, 0.1) is 0 Å². The Kier molecular flexibility index (Phi) is 3.78. The first-order valence-electron chi connectivity index (χ1n) is 6.14. The zero-order valence-electron chi connectivity index (χ0n) is 10.5. The van der Waals surface area contributed by atoms with E-state index < -0.39 is 0 Å². The number of piperidine rings is 1. The van der Waals surface area contributed by atoms with E-state index in [9.17, 15) is 0 Å². The molecule has 0 aromatic carbocycles. The molecule has 0 radical (unpaired) electrons. The predicted molar refractivity (Wildman–Crippen MR) is 67.2 cm³/mol. The molecular weight excluding hydrogens is 216 g/mol. The van der Waals surface area contributed by atoms with E-state index in [4.69, 9.17) is 10.5 Å². The van der Waals surface area contributed by atoms with Crippen molar-refractivity contribution in [3.8, 4) is 5.88 Å². The fourth-order valence-corrected chi connectivity index (χ4v) is 2.03. The first kappa shape index (κ1) is 12.1. The molecule has 1 aliphatic heterocycles. The van der Waals surface area contributed by atoms with Gasteiger partial charge in [0.2, 0.25) is 5.88 Å². The maximum Gasteiger partial charge on any atom is 0.218 e. The fourth-order valence-electron chi connectivity index (χ4n) is 2.03. The molecule has 1 aromatic rings. The van der Waals surface area contributed by atoms with Crippen molar-refractivity contribution in [2.75, 3.05) is 18.0 Å². The monoisotopic (exact) mass is 236 g/mol. The average molecular weight is 236 g/mol. The lowest BCUT2D eigenvalue weighted by Crippen LogP contribution is -2.43. The number of hydrogen-bond acceptors (Lipinski definition) is 5.